The lowest BCUT2D eigenvalue weighted by Gasteiger charge is -2.06. The molecule has 0 saturated carbocycles. The Bertz CT molecular complexity index is 512. The van der Waals surface area contributed by atoms with Gasteiger partial charge in [0.1, 0.15) is 12.4 Å². The maximum atomic E-state index is 11.4. The maximum absolute atomic E-state index is 11.4. The summed E-state index contributed by atoms with van der Waals surface area (Å²) in [5.74, 6) is -1.10. The molecule has 1 aromatic rings. The van der Waals surface area contributed by atoms with Crippen molar-refractivity contribution in [1.82, 2.24) is 0 Å². The lowest BCUT2D eigenvalue weighted by Crippen LogP contribution is -2.18. The summed E-state index contributed by atoms with van der Waals surface area (Å²) in [7, 11) is -3.37. The summed E-state index contributed by atoms with van der Waals surface area (Å²) in [5, 5.41) is 8.41. The van der Waals surface area contributed by atoms with Crippen LogP contribution in [-0.4, -0.2) is 37.6 Å². The van der Waals surface area contributed by atoms with Gasteiger partial charge in [-0.3, -0.25) is 4.79 Å². The van der Waals surface area contributed by atoms with Crippen molar-refractivity contribution >= 4 is 31.7 Å². The van der Waals surface area contributed by atoms with Gasteiger partial charge < -0.3 is 9.84 Å². The molecule has 0 unspecified atom stereocenters. The highest BCUT2D eigenvalue weighted by molar-refractivity contribution is 9.10. The average molecular weight is 337 g/mol. The minimum atomic E-state index is -3.37. The molecule has 100 valence electrons. The van der Waals surface area contributed by atoms with Crippen LogP contribution in [0.4, 0.5) is 0 Å². The molecule has 1 aromatic carbocycles. The van der Waals surface area contributed by atoms with E-state index in [1.54, 1.807) is 18.2 Å². The van der Waals surface area contributed by atoms with Crippen LogP contribution in [-0.2, 0) is 14.6 Å². The van der Waals surface area contributed by atoms with Crippen LogP contribution in [0.2, 0.25) is 0 Å². The summed E-state index contributed by atoms with van der Waals surface area (Å²) in [6.45, 7) is 0.0123. The van der Waals surface area contributed by atoms with Crippen molar-refractivity contribution in [2.45, 2.75) is 6.42 Å². The highest BCUT2D eigenvalue weighted by Crippen LogP contribution is 2.17. The zero-order valence-electron chi connectivity index (χ0n) is 9.50. The Morgan fingerprint density at radius 3 is 2.67 bits per heavy atom. The Kier molecular flexibility index (Phi) is 5.61. The molecule has 1 rings (SSSR count). The molecular weight excluding hydrogens is 324 g/mol. The summed E-state index contributed by atoms with van der Waals surface area (Å²) < 4.78 is 29.0. The molecule has 0 aliphatic carbocycles. The summed E-state index contributed by atoms with van der Waals surface area (Å²) in [6, 6.07) is 7.05. The molecule has 18 heavy (non-hydrogen) atoms. The molecule has 0 amide bonds. The van der Waals surface area contributed by atoms with Crippen molar-refractivity contribution < 1.29 is 23.1 Å². The minimum Gasteiger partial charge on any atom is -0.492 e. The van der Waals surface area contributed by atoms with Crippen molar-refractivity contribution in [3.8, 4) is 5.75 Å². The fourth-order valence-corrected chi connectivity index (χ4v) is 2.59. The van der Waals surface area contributed by atoms with Crippen molar-refractivity contribution in [1.29, 1.82) is 0 Å². The maximum Gasteiger partial charge on any atom is 0.304 e. The van der Waals surface area contributed by atoms with Gasteiger partial charge in [-0.1, -0.05) is 22.0 Å². The lowest BCUT2D eigenvalue weighted by molar-refractivity contribution is -0.136. The van der Waals surface area contributed by atoms with Gasteiger partial charge >= 0.3 is 5.97 Å². The number of sulfone groups is 1. The standard InChI is InChI=1S/C11H13BrO5S/c12-9-2-1-3-10(8-9)17-5-7-18(15,16)6-4-11(13)14/h1-3,8H,4-7H2,(H,13,14). The second kappa shape index (κ2) is 6.75. The fourth-order valence-electron chi connectivity index (χ4n) is 1.19. The van der Waals surface area contributed by atoms with Crippen molar-refractivity contribution in [2.24, 2.45) is 0 Å². The van der Waals surface area contributed by atoms with Crippen molar-refractivity contribution in [3.63, 3.8) is 0 Å². The van der Waals surface area contributed by atoms with Crippen LogP contribution in [0.15, 0.2) is 28.7 Å². The highest BCUT2D eigenvalue weighted by atomic mass is 79.9. The van der Waals surface area contributed by atoms with Crippen molar-refractivity contribution in [2.75, 3.05) is 18.1 Å². The number of carboxylic acid groups (broad SMARTS) is 1. The third kappa shape index (κ3) is 6.02. The van der Waals surface area contributed by atoms with Crippen LogP contribution < -0.4 is 4.74 Å². The number of halogens is 1. The van der Waals surface area contributed by atoms with Crippen LogP contribution in [0.3, 0.4) is 0 Å². The molecule has 0 spiro atoms. The summed E-state index contributed by atoms with van der Waals surface area (Å²) >= 11 is 3.27. The van der Waals surface area contributed by atoms with E-state index in [2.05, 4.69) is 15.9 Å². The van der Waals surface area contributed by atoms with E-state index in [0.29, 0.717) is 5.75 Å². The number of benzene rings is 1. The molecule has 0 fully saturated rings. The van der Waals surface area contributed by atoms with E-state index in [1.165, 1.54) is 0 Å². The first kappa shape index (κ1) is 15.0. The SMILES string of the molecule is O=C(O)CCS(=O)(=O)CCOc1cccc(Br)c1. The molecule has 0 atom stereocenters. The fraction of sp³-hybridized carbons (Fsp3) is 0.364. The molecule has 0 saturated heterocycles. The predicted octanol–water partition coefficient (Wildman–Crippen LogP) is 1.72. The molecule has 0 aromatic heterocycles. The Labute approximate surface area is 114 Å². The molecule has 0 heterocycles. The van der Waals surface area contributed by atoms with Gasteiger partial charge in [-0.05, 0) is 18.2 Å². The Morgan fingerprint density at radius 1 is 1.33 bits per heavy atom. The summed E-state index contributed by atoms with van der Waals surface area (Å²) in [4.78, 5) is 10.3. The molecule has 0 aliphatic rings. The van der Waals surface area contributed by atoms with E-state index >= 15 is 0 Å². The summed E-state index contributed by atoms with van der Waals surface area (Å²) in [5.41, 5.74) is 0. The topological polar surface area (TPSA) is 80.7 Å². The van der Waals surface area contributed by atoms with E-state index in [1.807, 2.05) is 6.07 Å². The van der Waals surface area contributed by atoms with E-state index in [4.69, 9.17) is 9.84 Å². The number of rotatable bonds is 7. The zero-order valence-corrected chi connectivity index (χ0v) is 11.9. The van der Waals surface area contributed by atoms with E-state index in [9.17, 15) is 13.2 Å². The number of aliphatic carboxylic acids is 1. The third-order valence-electron chi connectivity index (χ3n) is 2.09. The largest absolute Gasteiger partial charge is 0.492 e. The molecule has 5 nitrogen and oxygen atoms in total. The van der Waals surface area contributed by atoms with E-state index in [0.717, 1.165) is 4.47 Å². The molecular formula is C11H13BrO5S. The van der Waals surface area contributed by atoms with Gasteiger partial charge in [0.25, 0.3) is 0 Å². The molecule has 1 N–H and O–H groups in total. The minimum absolute atomic E-state index is 0.0123. The van der Waals surface area contributed by atoms with Gasteiger partial charge in [-0.25, -0.2) is 8.42 Å². The second-order valence-electron chi connectivity index (χ2n) is 3.60. The van der Waals surface area contributed by atoms with Crippen LogP contribution in [0.1, 0.15) is 6.42 Å². The molecule has 0 aliphatic heterocycles. The lowest BCUT2D eigenvalue weighted by atomic mass is 10.3. The van der Waals surface area contributed by atoms with Crippen LogP contribution in [0, 0.1) is 0 Å². The smallest absolute Gasteiger partial charge is 0.304 e. The second-order valence-corrected chi connectivity index (χ2v) is 6.82. The van der Waals surface area contributed by atoms with Gasteiger partial charge in [0.05, 0.1) is 17.9 Å². The van der Waals surface area contributed by atoms with Gasteiger partial charge in [0.2, 0.25) is 0 Å². The molecule has 0 bridgehead atoms. The number of carbonyl (C=O) groups is 1. The summed E-state index contributed by atoms with van der Waals surface area (Å²) in [6.07, 6.45) is -0.376. The van der Waals surface area contributed by atoms with Gasteiger partial charge in [-0.15, -0.1) is 0 Å². The van der Waals surface area contributed by atoms with Crippen LogP contribution >= 0.6 is 15.9 Å². The van der Waals surface area contributed by atoms with Gasteiger partial charge in [0, 0.05) is 4.47 Å². The molecule has 0 radical (unpaired) electrons. The van der Waals surface area contributed by atoms with Crippen molar-refractivity contribution in [3.05, 3.63) is 28.7 Å². The predicted molar refractivity (Wildman–Crippen MR) is 70.5 cm³/mol. The average Bonchev–Trinajstić information content (AvgIpc) is 2.26. The Morgan fingerprint density at radius 2 is 2.06 bits per heavy atom. The van der Waals surface area contributed by atoms with Gasteiger partial charge in [0.15, 0.2) is 9.84 Å². The Hall–Kier alpha value is -1.08. The quantitative estimate of drug-likeness (QED) is 0.819. The zero-order chi connectivity index (χ0) is 13.6. The normalized spacial score (nSPS) is 11.2. The van der Waals surface area contributed by atoms with Gasteiger partial charge in [-0.2, -0.15) is 0 Å². The number of ether oxygens (including phenoxy) is 1. The highest BCUT2D eigenvalue weighted by Gasteiger charge is 2.13. The number of hydrogen-bond acceptors (Lipinski definition) is 4. The monoisotopic (exact) mass is 336 g/mol. The van der Waals surface area contributed by atoms with E-state index in [-0.39, 0.29) is 24.5 Å². The molecule has 7 heteroatoms. The first-order chi connectivity index (χ1) is 8.39. The number of hydrogen-bond donors (Lipinski definition) is 1. The van der Waals surface area contributed by atoms with Crippen LogP contribution in [0.25, 0.3) is 0 Å². The third-order valence-corrected chi connectivity index (χ3v) is 4.19. The van der Waals surface area contributed by atoms with Crippen LogP contribution in [0.5, 0.6) is 5.75 Å². The first-order valence-electron chi connectivity index (χ1n) is 5.20. The Balaban J connectivity index is 2.39. The van der Waals surface area contributed by atoms with E-state index < -0.39 is 15.8 Å². The first-order valence-corrected chi connectivity index (χ1v) is 7.81. The number of carboxylic acids is 1.